The first kappa shape index (κ1) is 28.3. The highest BCUT2D eigenvalue weighted by Crippen LogP contribution is 2.30. The van der Waals surface area contributed by atoms with Gasteiger partial charge in [-0.2, -0.15) is 4.68 Å². The largest absolute Gasteiger partial charge is 0.507 e. The van der Waals surface area contributed by atoms with Crippen molar-refractivity contribution in [2.45, 2.75) is 26.2 Å². The van der Waals surface area contributed by atoms with Crippen molar-refractivity contribution in [3.05, 3.63) is 102 Å². The number of nitrogens with two attached hydrogens (primary N) is 1. The van der Waals surface area contributed by atoms with E-state index in [0.29, 0.717) is 12.1 Å². The summed E-state index contributed by atoms with van der Waals surface area (Å²) in [5.74, 6) is -1.87. The lowest BCUT2D eigenvalue weighted by molar-refractivity contribution is 0.0943. The minimum Gasteiger partial charge on any atom is -0.507 e. The number of halogens is 2. The summed E-state index contributed by atoms with van der Waals surface area (Å²) in [6, 6.07) is 20.0. The van der Waals surface area contributed by atoms with Crippen molar-refractivity contribution in [1.82, 2.24) is 30.5 Å². The molecule has 4 N–H and O–H groups in total. The van der Waals surface area contributed by atoms with E-state index in [1.54, 1.807) is 30.5 Å². The Labute approximate surface area is 241 Å². The topological polar surface area (TPSA) is 132 Å². The number of aromatic nitrogens is 5. The average molecular weight is 570 g/mol. The van der Waals surface area contributed by atoms with Crippen LogP contribution in [0.25, 0.3) is 28.2 Å². The summed E-state index contributed by atoms with van der Waals surface area (Å²) in [6.45, 7) is 2.60. The summed E-state index contributed by atoms with van der Waals surface area (Å²) in [7, 11) is 0. The maximum absolute atomic E-state index is 14.5. The summed E-state index contributed by atoms with van der Waals surface area (Å²) in [6.07, 6.45) is 4.23. The van der Waals surface area contributed by atoms with E-state index < -0.39 is 11.6 Å². The van der Waals surface area contributed by atoms with E-state index in [9.17, 15) is 18.7 Å². The molecule has 0 aliphatic heterocycles. The summed E-state index contributed by atoms with van der Waals surface area (Å²) < 4.78 is 29.4. The number of aromatic hydroxyl groups is 1. The number of nitrogen functional groups attached to an aromatic ring is 1. The second kappa shape index (κ2) is 12.5. The zero-order valence-electron chi connectivity index (χ0n) is 22.8. The first-order valence-electron chi connectivity index (χ1n) is 13.5. The Morgan fingerprint density at radius 3 is 2.60 bits per heavy atom. The van der Waals surface area contributed by atoms with E-state index in [2.05, 4.69) is 32.7 Å². The number of benzene rings is 3. The fourth-order valence-electron chi connectivity index (χ4n) is 4.67. The number of tetrazole rings is 1. The Bertz CT molecular complexity index is 1710. The van der Waals surface area contributed by atoms with E-state index in [1.165, 1.54) is 18.2 Å². The minimum atomic E-state index is -1.08. The number of hydrogen-bond acceptors (Lipinski definition) is 7. The third kappa shape index (κ3) is 6.09. The third-order valence-electron chi connectivity index (χ3n) is 7.19. The summed E-state index contributed by atoms with van der Waals surface area (Å²) in [5, 5.41) is 24.3. The predicted molar refractivity (Wildman–Crippen MR) is 155 cm³/mol. The number of pyridine rings is 1. The molecule has 1 amide bonds. The number of rotatable bonds is 10. The molecule has 1 atom stereocenters. The molecule has 1 unspecified atom stereocenters. The highest BCUT2D eigenvalue weighted by atomic mass is 19.2. The lowest BCUT2D eigenvalue weighted by Gasteiger charge is -2.16. The monoisotopic (exact) mass is 569 g/mol. The quantitative estimate of drug-likeness (QED) is 0.207. The second-order valence-corrected chi connectivity index (χ2v) is 9.88. The lowest BCUT2D eigenvalue weighted by Crippen LogP contribution is -2.29. The number of anilines is 1. The highest BCUT2D eigenvalue weighted by Gasteiger charge is 2.20. The van der Waals surface area contributed by atoms with Crippen molar-refractivity contribution in [2.75, 3.05) is 12.3 Å². The number of nitrogens with one attached hydrogen (secondary N) is 1. The number of nitrogens with zero attached hydrogens (tertiary/aromatic N) is 5. The number of aryl methyl sites for hydroxylation is 1. The van der Waals surface area contributed by atoms with Crippen molar-refractivity contribution in [3.8, 4) is 34.0 Å². The molecule has 5 aromatic rings. The lowest BCUT2D eigenvalue weighted by atomic mass is 9.95. The molecule has 2 heterocycles. The van der Waals surface area contributed by atoms with Crippen LogP contribution in [0.4, 0.5) is 14.6 Å². The molecule has 0 saturated carbocycles. The number of para-hydroxylation sites is 1. The standard InChI is InChI=1S/C31H29F2N7O2/c1-2-19(17-36-31(42)23-6-3-4-9-27(23)41)10-11-20-12-14-21(15-13-20)22-16-24(29(34)35-18-22)30-37-38-39-40(30)26-8-5-7-25(32)28(26)33/h3-9,12-16,18-19,41H,2,10-11,17H2,1H3,(H2,34,35)(H,36,42). The van der Waals surface area contributed by atoms with Gasteiger partial charge in [0.15, 0.2) is 17.5 Å². The molecule has 11 heteroatoms. The molecule has 5 rings (SSSR count). The minimum absolute atomic E-state index is 0.0365. The van der Waals surface area contributed by atoms with Crippen molar-refractivity contribution < 1.29 is 18.7 Å². The van der Waals surface area contributed by atoms with Crippen molar-refractivity contribution in [2.24, 2.45) is 5.92 Å². The zero-order valence-corrected chi connectivity index (χ0v) is 22.8. The van der Waals surface area contributed by atoms with Crippen LogP contribution in [0.15, 0.2) is 79.0 Å². The Balaban J connectivity index is 1.26. The first-order valence-corrected chi connectivity index (χ1v) is 13.5. The van der Waals surface area contributed by atoms with E-state index in [0.717, 1.165) is 46.7 Å². The highest BCUT2D eigenvalue weighted by molar-refractivity contribution is 5.96. The summed E-state index contributed by atoms with van der Waals surface area (Å²) in [5.41, 5.74) is 9.40. The van der Waals surface area contributed by atoms with E-state index >= 15 is 0 Å². The Kier molecular flexibility index (Phi) is 8.47. The fourth-order valence-corrected chi connectivity index (χ4v) is 4.67. The second-order valence-electron chi connectivity index (χ2n) is 9.88. The molecule has 0 fully saturated rings. The zero-order chi connectivity index (χ0) is 29.6. The predicted octanol–water partition coefficient (Wildman–Crippen LogP) is 5.35. The van der Waals surface area contributed by atoms with Crippen molar-refractivity contribution in [3.63, 3.8) is 0 Å². The Morgan fingerprint density at radius 2 is 1.83 bits per heavy atom. The fraction of sp³-hybridized carbons (Fsp3) is 0.194. The van der Waals surface area contributed by atoms with Gasteiger partial charge in [-0.05, 0) is 70.6 Å². The molecule has 0 bridgehead atoms. The summed E-state index contributed by atoms with van der Waals surface area (Å²) >= 11 is 0. The van der Waals surface area contributed by atoms with Gasteiger partial charge in [0.1, 0.15) is 17.3 Å². The number of amides is 1. The average Bonchev–Trinajstić information content (AvgIpc) is 3.49. The molecule has 3 aromatic carbocycles. The molecule has 0 aliphatic rings. The van der Waals surface area contributed by atoms with Gasteiger partial charge in [0.05, 0.1) is 11.1 Å². The van der Waals surface area contributed by atoms with Crippen LogP contribution in [0.5, 0.6) is 5.75 Å². The molecule has 0 spiro atoms. The van der Waals surface area contributed by atoms with Crippen LogP contribution in [0.1, 0.15) is 35.7 Å². The Morgan fingerprint density at radius 1 is 1.05 bits per heavy atom. The maximum atomic E-state index is 14.5. The van der Waals surface area contributed by atoms with Gasteiger partial charge in [-0.1, -0.05) is 55.8 Å². The molecular formula is C31H29F2N7O2. The first-order chi connectivity index (χ1) is 20.4. The van der Waals surface area contributed by atoms with Gasteiger partial charge in [-0.3, -0.25) is 4.79 Å². The van der Waals surface area contributed by atoms with Crippen LogP contribution >= 0.6 is 0 Å². The van der Waals surface area contributed by atoms with E-state index in [1.807, 2.05) is 24.3 Å². The van der Waals surface area contributed by atoms with Crippen LogP contribution in [0, 0.1) is 17.6 Å². The summed E-state index contributed by atoms with van der Waals surface area (Å²) in [4.78, 5) is 16.7. The molecule has 0 radical (unpaired) electrons. The van der Waals surface area contributed by atoms with Gasteiger partial charge < -0.3 is 16.2 Å². The molecule has 0 aliphatic carbocycles. The maximum Gasteiger partial charge on any atom is 0.255 e. The van der Waals surface area contributed by atoms with E-state index in [-0.39, 0.29) is 40.5 Å². The van der Waals surface area contributed by atoms with E-state index in [4.69, 9.17) is 5.73 Å². The van der Waals surface area contributed by atoms with Crippen LogP contribution in [-0.2, 0) is 6.42 Å². The number of carbonyl (C=O) groups excluding carboxylic acids is 1. The van der Waals surface area contributed by atoms with Gasteiger partial charge in [0.2, 0.25) is 0 Å². The van der Waals surface area contributed by atoms with Crippen LogP contribution < -0.4 is 11.1 Å². The molecule has 42 heavy (non-hydrogen) atoms. The molecule has 0 saturated heterocycles. The van der Waals surface area contributed by atoms with Crippen LogP contribution in [-0.4, -0.2) is 42.7 Å². The Hall–Kier alpha value is -5.19. The molecular weight excluding hydrogens is 540 g/mol. The van der Waals surface area contributed by atoms with Gasteiger partial charge >= 0.3 is 0 Å². The number of phenolic OH excluding ortho intramolecular Hbond substituents is 1. The van der Waals surface area contributed by atoms with Gasteiger partial charge in [-0.25, -0.2) is 13.8 Å². The normalized spacial score (nSPS) is 11.8. The SMILES string of the molecule is CCC(CCc1ccc(-c2cnc(N)c(-c3nnnn3-c3cccc(F)c3F)c2)cc1)CNC(=O)c1ccccc1O. The van der Waals surface area contributed by atoms with Crippen LogP contribution in [0.3, 0.4) is 0 Å². The van der Waals surface area contributed by atoms with Crippen molar-refractivity contribution >= 4 is 11.7 Å². The van der Waals surface area contributed by atoms with Crippen LogP contribution in [0.2, 0.25) is 0 Å². The number of phenols is 1. The van der Waals surface area contributed by atoms with Crippen molar-refractivity contribution in [1.29, 1.82) is 0 Å². The third-order valence-corrected chi connectivity index (χ3v) is 7.19. The molecule has 9 nitrogen and oxygen atoms in total. The van der Waals surface area contributed by atoms with Gasteiger partial charge in [-0.15, -0.1) is 5.10 Å². The molecule has 2 aromatic heterocycles. The van der Waals surface area contributed by atoms with Gasteiger partial charge in [0.25, 0.3) is 5.91 Å². The number of carbonyl (C=O) groups is 1. The smallest absolute Gasteiger partial charge is 0.255 e. The molecule has 214 valence electrons. The van der Waals surface area contributed by atoms with Gasteiger partial charge in [0, 0.05) is 18.3 Å². The number of hydrogen-bond donors (Lipinski definition) is 3.